The van der Waals surface area contributed by atoms with Crippen LogP contribution in [0.2, 0.25) is 0 Å². The molecule has 98 valence electrons. The van der Waals surface area contributed by atoms with Crippen LogP contribution < -0.4 is 14.6 Å². The second-order valence-electron chi connectivity index (χ2n) is 3.82. The van der Waals surface area contributed by atoms with Gasteiger partial charge in [-0.3, -0.25) is 0 Å². The van der Waals surface area contributed by atoms with E-state index in [0.717, 1.165) is 5.75 Å². The Morgan fingerprint density at radius 1 is 0.842 bits per heavy atom. The summed E-state index contributed by atoms with van der Waals surface area (Å²) in [6, 6.07) is 15.5. The number of carbonyl (C=O) groups excluding carboxylic acids is 1. The molecule has 0 unspecified atom stereocenters. The zero-order valence-corrected chi connectivity index (χ0v) is 10.2. The molecule has 0 atom stereocenters. The molecule has 0 N–H and O–H groups in total. The van der Waals surface area contributed by atoms with Gasteiger partial charge in [0.25, 0.3) is 0 Å². The predicted octanol–water partition coefficient (Wildman–Crippen LogP) is 1.51. The summed E-state index contributed by atoms with van der Waals surface area (Å²) in [5, 5.41) is 10.6. The highest BCUT2D eigenvalue weighted by atomic mass is 16.5. The molecule has 0 aromatic heterocycles. The second-order valence-corrected chi connectivity index (χ2v) is 3.82. The highest BCUT2D eigenvalue weighted by Gasteiger charge is 1.97. The van der Waals surface area contributed by atoms with E-state index in [9.17, 15) is 9.90 Å². The van der Waals surface area contributed by atoms with Crippen LogP contribution in [0.1, 0.15) is 10.4 Å². The highest BCUT2D eigenvalue weighted by molar-refractivity contribution is 5.85. The maximum atomic E-state index is 10.6. The SMILES string of the molecule is O=C([O-])c1ccc(OCCOc2ccccc2)cc1. The Labute approximate surface area is 111 Å². The summed E-state index contributed by atoms with van der Waals surface area (Å²) in [6.45, 7) is 0.811. The van der Waals surface area contributed by atoms with Crippen molar-refractivity contribution in [1.29, 1.82) is 0 Å². The molecule has 0 aliphatic heterocycles. The van der Waals surface area contributed by atoms with E-state index in [0.29, 0.717) is 19.0 Å². The third kappa shape index (κ3) is 4.03. The van der Waals surface area contributed by atoms with Crippen molar-refractivity contribution in [3.8, 4) is 11.5 Å². The molecule has 2 aromatic rings. The van der Waals surface area contributed by atoms with Crippen molar-refractivity contribution in [1.82, 2.24) is 0 Å². The summed E-state index contributed by atoms with van der Waals surface area (Å²) in [4.78, 5) is 10.6. The number of ether oxygens (including phenoxy) is 2. The molecule has 0 heterocycles. The van der Waals surface area contributed by atoms with Crippen molar-refractivity contribution >= 4 is 5.97 Å². The summed E-state index contributed by atoms with van der Waals surface area (Å²) < 4.78 is 10.9. The largest absolute Gasteiger partial charge is 0.545 e. The Kier molecular flexibility index (Phi) is 4.39. The first-order valence-corrected chi connectivity index (χ1v) is 5.88. The fraction of sp³-hybridized carbons (Fsp3) is 0.133. The molecule has 0 radical (unpaired) electrons. The van der Waals surface area contributed by atoms with Gasteiger partial charge in [-0.05, 0) is 42.0 Å². The summed E-state index contributed by atoms with van der Waals surface area (Å²) >= 11 is 0. The lowest BCUT2D eigenvalue weighted by atomic mass is 10.2. The number of hydrogen-bond acceptors (Lipinski definition) is 4. The molecule has 0 bridgehead atoms. The number of hydrogen-bond donors (Lipinski definition) is 0. The molecule has 4 nitrogen and oxygen atoms in total. The number of para-hydroxylation sites is 1. The van der Waals surface area contributed by atoms with Gasteiger partial charge in [-0.2, -0.15) is 0 Å². The molecule has 19 heavy (non-hydrogen) atoms. The molecular weight excluding hydrogens is 244 g/mol. The van der Waals surface area contributed by atoms with E-state index in [1.54, 1.807) is 12.1 Å². The van der Waals surface area contributed by atoms with Crippen LogP contribution >= 0.6 is 0 Å². The lowest BCUT2D eigenvalue weighted by Gasteiger charge is -2.09. The second kappa shape index (κ2) is 6.44. The molecule has 0 aliphatic carbocycles. The number of aromatic carboxylic acids is 1. The van der Waals surface area contributed by atoms with E-state index in [2.05, 4.69) is 0 Å². The molecule has 2 rings (SSSR count). The minimum absolute atomic E-state index is 0.132. The lowest BCUT2D eigenvalue weighted by Crippen LogP contribution is -2.21. The number of carboxylic acid groups (broad SMARTS) is 1. The third-order valence-corrected chi connectivity index (χ3v) is 2.45. The van der Waals surface area contributed by atoms with Crippen LogP contribution in [0, 0.1) is 0 Å². The van der Waals surface area contributed by atoms with Gasteiger partial charge in [-0.15, -0.1) is 0 Å². The van der Waals surface area contributed by atoms with Gasteiger partial charge >= 0.3 is 0 Å². The minimum Gasteiger partial charge on any atom is -0.545 e. The van der Waals surface area contributed by atoms with Crippen molar-refractivity contribution in [2.24, 2.45) is 0 Å². The number of carbonyl (C=O) groups is 1. The fourth-order valence-corrected chi connectivity index (χ4v) is 1.52. The molecule has 0 amide bonds. The minimum atomic E-state index is -1.20. The van der Waals surface area contributed by atoms with Crippen LogP contribution in [0.15, 0.2) is 54.6 Å². The van der Waals surface area contributed by atoms with Crippen LogP contribution in [0.25, 0.3) is 0 Å². The average molecular weight is 257 g/mol. The Hall–Kier alpha value is -2.49. The van der Waals surface area contributed by atoms with E-state index in [1.165, 1.54) is 12.1 Å². The summed E-state index contributed by atoms with van der Waals surface area (Å²) in [6.07, 6.45) is 0. The molecule has 4 heteroatoms. The smallest absolute Gasteiger partial charge is 0.122 e. The maximum Gasteiger partial charge on any atom is 0.122 e. The normalized spacial score (nSPS) is 9.89. The Balaban J connectivity index is 1.75. The van der Waals surface area contributed by atoms with Crippen molar-refractivity contribution in [2.45, 2.75) is 0 Å². The molecular formula is C15H13O4-. The zero-order chi connectivity index (χ0) is 13.5. The molecule has 0 aliphatic rings. The Morgan fingerprint density at radius 2 is 1.37 bits per heavy atom. The van der Waals surface area contributed by atoms with Gasteiger partial charge in [-0.1, -0.05) is 18.2 Å². The summed E-state index contributed by atoms with van der Waals surface area (Å²) in [7, 11) is 0. The lowest BCUT2D eigenvalue weighted by molar-refractivity contribution is -0.255. The fourth-order valence-electron chi connectivity index (χ4n) is 1.52. The topological polar surface area (TPSA) is 58.6 Å². The third-order valence-electron chi connectivity index (χ3n) is 2.45. The van der Waals surface area contributed by atoms with Gasteiger partial charge in [0.05, 0.1) is 5.97 Å². The van der Waals surface area contributed by atoms with Crippen LogP contribution in [0.4, 0.5) is 0 Å². The predicted molar refractivity (Wildman–Crippen MR) is 68.2 cm³/mol. The van der Waals surface area contributed by atoms with Gasteiger partial charge in [0, 0.05) is 0 Å². The Bertz CT molecular complexity index is 520. The molecule has 0 saturated carbocycles. The zero-order valence-electron chi connectivity index (χ0n) is 10.2. The quantitative estimate of drug-likeness (QED) is 0.736. The number of carboxylic acids is 1. The van der Waals surface area contributed by atoms with E-state index in [1.807, 2.05) is 30.3 Å². The summed E-state index contributed by atoms with van der Waals surface area (Å²) in [5.74, 6) is 0.194. The van der Waals surface area contributed by atoms with E-state index >= 15 is 0 Å². The van der Waals surface area contributed by atoms with E-state index in [4.69, 9.17) is 9.47 Å². The van der Waals surface area contributed by atoms with Crippen molar-refractivity contribution in [3.05, 3.63) is 60.2 Å². The number of benzene rings is 2. The molecule has 2 aromatic carbocycles. The monoisotopic (exact) mass is 257 g/mol. The van der Waals surface area contributed by atoms with Crippen molar-refractivity contribution in [2.75, 3.05) is 13.2 Å². The van der Waals surface area contributed by atoms with E-state index < -0.39 is 5.97 Å². The summed E-state index contributed by atoms with van der Waals surface area (Å²) in [5.41, 5.74) is 0.132. The van der Waals surface area contributed by atoms with Crippen LogP contribution in [0.3, 0.4) is 0 Å². The van der Waals surface area contributed by atoms with Crippen molar-refractivity contribution in [3.63, 3.8) is 0 Å². The first-order chi connectivity index (χ1) is 9.25. The average Bonchev–Trinajstić information content (AvgIpc) is 2.45. The van der Waals surface area contributed by atoms with E-state index in [-0.39, 0.29) is 5.56 Å². The number of rotatable bonds is 6. The first kappa shape index (κ1) is 13.0. The standard InChI is InChI=1S/C15H14O4/c16-15(17)12-6-8-14(9-7-12)19-11-10-18-13-4-2-1-3-5-13/h1-9H,10-11H2,(H,16,17)/p-1. The van der Waals surface area contributed by atoms with Gasteiger partial charge in [-0.25, -0.2) is 0 Å². The first-order valence-electron chi connectivity index (χ1n) is 5.88. The van der Waals surface area contributed by atoms with Crippen LogP contribution in [-0.4, -0.2) is 19.2 Å². The van der Waals surface area contributed by atoms with Crippen LogP contribution in [-0.2, 0) is 0 Å². The van der Waals surface area contributed by atoms with Gasteiger partial charge in [0.1, 0.15) is 24.7 Å². The van der Waals surface area contributed by atoms with Crippen LogP contribution in [0.5, 0.6) is 11.5 Å². The van der Waals surface area contributed by atoms with Gasteiger partial charge < -0.3 is 19.4 Å². The molecule has 0 fully saturated rings. The molecule has 0 saturated heterocycles. The van der Waals surface area contributed by atoms with Gasteiger partial charge in [0.2, 0.25) is 0 Å². The Morgan fingerprint density at radius 3 is 1.89 bits per heavy atom. The van der Waals surface area contributed by atoms with Crippen molar-refractivity contribution < 1.29 is 19.4 Å². The molecule has 0 spiro atoms. The highest BCUT2D eigenvalue weighted by Crippen LogP contribution is 2.12. The maximum absolute atomic E-state index is 10.6. The van der Waals surface area contributed by atoms with Gasteiger partial charge in [0.15, 0.2) is 0 Å².